The first-order valence-electron chi connectivity index (χ1n) is 5.73. The SMILES string of the molecule is CNc1ccnc(CN2CCCCC2)c1. The van der Waals surface area contributed by atoms with Crippen LogP contribution < -0.4 is 5.32 Å². The van der Waals surface area contributed by atoms with Crippen LogP contribution >= 0.6 is 0 Å². The molecule has 1 saturated heterocycles. The predicted molar refractivity (Wildman–Crippen MR) is 62.9 cm³/mol. The largest absolute Gasteiger partial charge is 0.388 e. The van der Waals surface area contributed by atoms with Crippen molar-refractivity contribution < 1.29 is 0 Å². The van der Waals surface area contributed by atoms with Gasteiger partial charge in [0.2, 0.25) is 0 Å². The number of nitrogens with one attached hydrogen (secondary N) is 1. The summed E-state index contributed by atoms with van der Waals surface area (Å²) in [6, 6.07) is 4.13. The summed E-state index contributed by atoms with van der Waals surface area (Å²) in [6.07, 6.45) is 5.95. The highest BCUT2D eigenvalue weighted by atomic mass is 15.1. The van der Waals surface area contributed by atoms with Crippen LogP contribution in [-0.2, 0) is 6.54 Å². The van der Waals surface area contributed by atoms with Crippen LogP contribution in [0.1, 0.15) is 25.0 Å². The van der Waals surface area contributed by atoms with E-state index >= 15 is 0 Å². The van der Waals surface area contributed by atoms with Gasteiger partial charge in [0.15, 0.2) is 0 Å². The van der Waals surface area contributed by atoms with Gasteiger partial charge in [-0.25, -0.2) is 0 Å². The molecule has 1 aliphatic heterocycles. The molecule has 1 aliphatic rings. The van der Waals surface area contributed by atoms with Crippen LogP contribution in [0.25, 0.3) is 0 Å². The summed E-state index contributed by atoms with van der Waals surface area (Å²) in [5.74, 6) is 0. The fourth-order valence-electron chi connectivity index (χ4n) is 2.07. The normalized spacial score (nSPS) is 17.7. The molecule has 15 heavy (non-hydrogen) atoms. The van der Waals surface area contributed by atoms with Crippen LogP contribution in [0.5, 0.6) is 0 Å². The molecular weight excluding hydrogens is 186 g/mol. The molecule has 2 heterocycles. The Morgan fingerprint density at radius 3 is 2.87 bits per heavy atom. The third-order valence-electron chi connectivity index (χ3n) is 2.94. The first kappa shape index (κ1) is 10.4. The van der Waals surface area contributed by atoms with E-state index in [4.69, 9.17) is 0 Å². The maximum atomic E-state index is 4.40. The van der Waals surface area contributed by atoms with Crippen molar-refractivity contribution in [2.45, 2.75) is 25.8 Å². The van der Waals surface area contributed by atoms with E-state index in [1.165, 1.54) is 38.0 Å². The van der Waals surface area contributed by atoms with Crippen molar-refractivity contribution in [3.8, 4) is 0 Å². The van der Waals surface area contributed by atoms with Crippen LogP contribution in [0.4, 0.5) is 5.69 Å². The highest BCUT2D eigenvalue weighted by molar-refractivity contribution is 5.42. The zero-order valence-electron chi connectivity index (χ0n) is 9.37. The number of rotatable bonds is 3. The molecule has 2 rings (SSSR count). The van der Waals surface area contributed by atoms with Gasteiger partial charge >= 0.3 is 0 Å². The smallest absolute Gasteiger partial charge is 0.0564 e. The van der Waals surface area contributed by atoms with E-state index in [1.54, 1.807) is 0 Å². The third kappa shape index (κ3) is 2.93. The Morgan fingerprint density at radius 1 is 1.33 bits per heavy atom. The highest BCUT2D eigenvalue weighted by Crippen LogP contribution is 2.13. The number of anilines is 1. The van der Waals surface area contributed by atoms with Crippen molar-refractivity contribution in [3.63, 3.8) is 0 Å². The van der Waals surface area contributed by atoms with Crippen LogP contribution in [0.15, 0.2) is 18.3 Å². The minimum Gasteiger partial charge on any atom is -0.388 e. The zero-order valence-corrected chi connectivity index (χ0v) is 9.37. The van der Waals surface area contributed by atoms with Gasteiger partial charge in [0.05, 0.1) is 5.69 Å². The number of aromatic nitrogens is 1. The van der Waals surface area contributed by atoms with E-state index in [-0.39, 0.29) is 0 Å². The summed E-state index contributed by atoms with van der Waals surface area (Å²) in [5, 5.41) is 3.15. The molecule has 82 valence electrons. The lowest BCUT2D eigenvalue weighted by molar-refractivity contribution is 0.218. The second kappa shape index (κ2) is 5.12. The van der Waals surface area contributed by atoms with Crippen LogP contribution in [0, 0.1) is 0 Å². The Morgan fingerprint density at radius 2 is 2.13 bits per heavy atom. The minimum absolute atomic E-state index is 0.996. The van der Waals surface area contributed by atoms with Gasteiger partial charge < -0.3 is 5.32 Å². The number of likely N-dealkylation sites (tertiary alicyclic amines) is 1. The van der Waals surface area contributed by atoms with Crippen molar-refractivity contribution in [1.82, 2.24) is 9.88 Å². The van der Waals surface area contributed by atoms with Crippen molar-refractivity contribution in [2.24, 2.45) is 0 Å². The molecule has 0 radical (unpaired) electrons. The molecule has 0 aliphatic carbocycles. The average Bonchev–Trinajstić information content (AvgIpc) is 2.31. The molecule has 0 amide bonds. The Hall–Kier alpha value is -1.09. The van der Waals surface area contributed by atoms with Gasteiger partial charge in [-0.1, -0.05) is 6.42 Å². The molecular formula is C12H19N3. The molecule has 0 atom stereocenters. The first-order chi connectivity index (χ1) is 7.38. The summed E-state index contributed by atoms with van der Waals surface area (Å²) in [4.78, 5) is 6.89. The van der Waals surface area contributed by atoms with E-state index in [0.29, 0.717) is 0 Å². The molecule has 0 unspecified atom stereocenters. The number of hydrogen-bond acceptors (Lipinski definition) is 3. The van der Waals surface area contributed by atoms with Crippen molar-refractivity contribution >= 4 is 5.69 Å². The lowest BCUT2D eigenvalue weighted by Gasteiger charge is -2.26. The molecule has 1 aromatic heterocycles. The lowest BCUT2D eigenvalue weighted by Crippen LogP contribution is -2.29. The summed E-state index contributed by atoms with van der Waals surface area (Å²) in [6.45, 7) is 3.45. The summed E-state index contributed by atoms with van der Waals surface area (Å²) in [5.41, 5.74) is 2.32. The molecule has 1 N–H and O–H groups in total. The number of nitrogens with zero attached hydrogens (tertiary/aromatic N) is 2. The number of hydrogen-bond donors (Lipinski definition) is 1. The fraction of sp³-hybridized carbons (Fsp3) is 0.583. The van der Waals surface area contributed by atoms with Gasteiger partial charge in [-0.3, -0.25) is 9.88 Å². The van der Waals surface area contributed by atoms with E-state index in [9.17, 15) is 0 Å². The van der Waals surface area contributed by atoms with Gasteiger partial charge in [-0.05, 0) is 38.1 Å². The standard InChI is InChI=1S/C12H19N3/c1-13-11-5-6-14-12(9-11)10-15-7-3-2-4-8-15/h5-6,9H,2-4,7-8,10H2,1H3,(H,13,14). The van der Waals surface area contributed by atoms with Crippen molar-refractivity contribution in [2.75, 3.05) is 25.5 Å². The highest BCUT2D eigenvalue weighted by Gasteiger charge is 2.10. The van der Waals surface area contributed by atoms with Gasteiger partial charge in [0, 0.05) is 25.5 Å². The third-order valence-corrected chi connectivity index (χ3v) is 2.94. The quantitative estimate of drug-likeness (QED) is 0.819. The Bertz CT molecular complexity index is 305. The van der Waals surface area contributed by atoms with E-state index < -0.39 is 0 Å². The molecule has 3 heteroatoms. The van der Waals surface area contributed by atoms with Crippen LogP contribution in [0.2, 0.25) is 0 Å². The van der Waals surface area contributed by atoms with Crippen LogP contribution in [0.3, 0.4) is 0 Å². The maximum Gasteiger partial charge on any atom is 0.0564 e. The summed E-state index contributed by atoms with van der Waals surface area (Å²) < 4.78 is 0. The van der Waals surface area contributed by atoms with Gasteiger partial charge in [-0.15, -0.1) is 0 Å². The van der Waals surface area contributed by atoms with Gasteiger partial charge in [0.25, 0.3) is 0 Å². The van der Waals surface area contributed by atoms with E-state index in [0.717, 1.165) is 12.2 Å². The monoisotopic (exact) mass is 205 g/mol. The summed E-state index contributed by atoms with van der Waals surface area (Å²) >= 11 is 0. The topological polar surface area (TPSA) is 28.2 Å². The Kier molecular flexibility index (Phi) is 3.56. The molecule has 0 bridgehead atoms. The predicted octanol–water partition coefficient (Wildman–Crippen LogP) is 2.11. The molecule has 3 nitrogen and oxygen atoms in total. The van der Waals surface area contributed by atoms with E-state index in [2.05, 4.69) is 21.3 Å². The molecule has 1 fully saturated rings. The van der Waals surface area contributed by atoms with Gasteiger partial charge in [-0.2, -0.15) is 0 Å². The second-order valence-electron chi connectivity index (χ2n) is 4.12. The molecule has 0 aromatic carbocycles. The zero-order chi connectivity index (χ0) is 10.5. The van der Waals surface area contributed by atoms with Gasteiger partial charge in [0.1, 0.15) is 0 Å². The fourth-order valence-corrected chi connectivity index (χ4v) is 2.07. The maximum absolute atomic E-state index is 4.40. The Balaban J connectivity index is 1.96. The second-order valence-corrected chi connectivity index (χ2v) is 4.12. The van der Waals surface area contributed by atoms with Crippen LogP contribution in [-0.4, -0.2) is 30.0 Å². The molecule has 0 spiro atoms. The average molecular weight is 205 g/mol. The lowest BCUT2D eigenvalue weighted by atomic mass is 10.1. The summed E-state index contributed by atoms with van der Waals surface area (Å²) in [7, 11) is 1.94. The van der Waals surface area contributed by atoms with Crippen molar-refractivity contribution in [3.05, 3.63) is 24.0 Å². The van der Waals surface area contributed by atoms with E-state index in [1.807, 2.05) is 19.3 Å². The number of pyridine rings is 1. The number of piperidine rings is 1. The minimum atomic E-state index is 0.996. The Labute approximate surface area is 91.5 Å². The molecule has 1 aromatic rings. The first-order valence-corrected chi connectivity index (χ1v) is 5.73. The van der Waals surface area contributed by atoms with Crippen molar-refractivity contribution in [1.29, 1.82) is 0 Å². The molecule has 0 saturated carbocycles.